The molecule has 198 valence electrons. The predicted octanol–water partition coefficient (Wildman–Crippen LogP) is 4.99. The van der Waals surface area contributed by atoms with Crippen molar-refractivity contribution in [1.82, 2.24) is 24.6 Å². The minimum atomic E-state index is -0.543. The highest BCUT2D eigenvalue weighted by molar-refractivity contribution is 5.76. The summed E-state index contributed by atoms with van der Waals surface area (Å²) in [6, 6.07) is 32.7. The van der Waals surface area contributed by atoms with Gasteiger partial charge in [-0.05, 0) is 35.4 Å². The molecule has 1 atom stereocenters. The summed E-state index contributed by atoms with van der Waals surface area (Å²) in [6.45, 7) is 1.16. The summed E-state index contributed by atoms with van der Waals surface area (Å²) < 4.78 is 7.04. The second kappa shape index (κ2) is 12.6. The van der Waals surface area contributed by atoms with Crippen molar-refractivity contribution in [3.63, 3.8) is 0 Å². The van der Waals surface area contributed by atoms with E-state index in [1.807, 2.05) is 66.9 Å². The second-order valence-electron chi connectivity index (χ2n) is 9.36. The summed E-state index contributed by atoms with van der Waals surface area (Å²) in [5, 5.41) is 17.7. The number of imidazole rings is 1. The van der Waals surface area contributed by atoms with Crippen molar-refractivity contribution in [2.75, 3.05) is 7.11 Å². The standard InChI is InChI=1S/C32H28N6O2/c1-40-32(39)30(37(20-25-8-4-2-5-9-25)21-26-10-6-3-7-11-26)18-28-22-38(23-34-28)31-17-16-29(35-36-31)27-14-12-24(19-33)13-15-27/h2-17,22-23,30H,18,20-21H2,1H3. The molecule has 2 aromatic heterocycles. The Hall–Kier alpha value is -5.13. The third-order valence-corrected chi connectivity index (χ3v) is 6.63. The molecule has 0 aliphatic rings. The lowest BCUT2D eigenvalue weighted by Crippen LogP contribution is -2.42. The van der Waals surface area contributed by atoms with Crippen LogP contribution in [0.5, 0.6) is 0 Å². The minimum Gasteiger partial charge on any atom is -0.468 e. The van der Waals surface area contributed by atoms with Gasteiger partial charge in [0.1, 0.15) is 12.4 Å². The molecule has 0 saturated heterocycles. The van der Waals surface area contributed by atoms with Crippen molar-refractivity contribution in [2.24, 2.45) is 0 Å². The Labute approximate surface area is 233 Å². The molecule has 40 heavy (non-hydrogen) atoms. The Morgan fingerprint density at radius 3 is 2.10 bits per heavy atom. The Morgan fingerprint density at radius 1 is 0.900 bits per heavy atom. The number of esters is 1. The maximum absolute atomic E-state index is 13.1. The molecule has 8 nitrogen and oxygen atoms in total. The lowest BCUT2D eigenvalue weighted by atomic mass is 10.1. The summed E-state index contributed by atoms with van der Waals surface area (Å²) in [5.41, 5.74) is 5.13. The average Bonchev–Trinajstić information content (AvgIpc) is 3.49. The molecule has 0 saturated carbocycles. The number of ether oxygens (including phenoxy) is 1. The molecule has 0 radical (unpaired) electrons. The first-order valence-corrected chi connectivity index (χ1v) is 12.9. The monoisotopic (exact) mass is 528 g/mol. The number of hydrogen-bond acceptors (Lipinski definition) is 7. The fraction of sp³-hybridized carbons (Fsp3) is 0.156. The summed E-state index contributed by atoms with van der Waals surface area (Å²) in [4.78, 5) is 19.8. The Bertz CT molecular complexity index is 1540. The van der Waals surface area contributed by atoms with Crippen LogP contribution in [-0.2, 0) is 29.0 Å². The van der Waals surface area contributed by atoms with Gasteiger partial charge in [0.15, 0.2) is 5.82 Å². The molecule has 0 aliphatic heterocycles. The van der Waals surface area contributed by atoms with Crippen LogP contribution in [0.1, 0.15) is 22.4 Å². The van der Waals surface area contributed by atoms with Gasteiger partial charge in [0.2, 0.25) is 0 Å². The highest BCUT2D eigenvalue weighted by atomic mass is 16.5. The number of benzene rings is 3. The molecule has 2 heterocycles. The zero-order chi connectivity index (χ0) is 27.7. The number of carbonyl (C=O) groups is 1. The van der Waals surface area contributed by atoms with E-state index < -0.39 is 6.04 Å². The molecule has 5 aromatic rings. The van der Waals surface area contributed by atoms with Crippen LogP contribution in [0, 0.1) is 11.3 Å². The summed E-state index contributed by atoms with van der Waals surface area (Å²) in [6.07, 6.45) is 3.91. The zero-order valence-electron chi connectivity index (χ0n) is 22.1. The van der Waals surface area contributed by atoms with Gasteiger partial charge in [0, 0.05) is 31.3 Å². The van der Waals surface area contributed by atoms with Crippen molar-refractivity contribution in [2.45, 2.75) is 25.6 Å². The number of carbonyl (C=O) groups excluding carboxylic acids is 1. The zero-order valence-corrected chi connectivity index (χ0v) is 22.1. The van der Waals surface area contributed by atoms with Gasteiger partial charge in [0.05, 0.1) is 30.1 Å². The fourth-order valence-corrected chi connectivity index (χ4v) is 4.53. The molecule has 5 rings (SSSR count). The lowest BCUT2D eigenvalue weighted by molar-refractivity contribution is -0.147. The van der Waals surface area contributed by atoms with Crippen molar-refractivity contribution in [3.05, 3.63) is 132 Å². The van der Waals surface area contributed by atoms with Crippen molar-refractivity contribution < 1.29 is 9.53 Å². The predicted molar refractivity (Wildman–Crippen MR) is 151 cm³/mol. The smallest absolute Gasteiger partial charge is 0.323 e. The number of aromatic nitrogens is 4. The number of rotatable bonds is 10. The molecule has 0 fully saturated rings. The van der Waals surface area contributed by atoms with Crippen LogP contribution in [0.3, 0.4) is 0 Å². The third-order valence-electron chi connectivity index (χ3n) is 6.63. The van der Waals surface area contributed by atoms with E-state index in [0.29, 0.717) is 36.6 Å². The van der Waals surface area contributed by atoms with Crippen LogP contribution in [0.25, 0.3) is 17.1 Å². The van der Waals surface area contributed by atoms with Crippen LogP contribution in [0.15, 0.2) is 110 Å². The summed E-state index contributed by atoms with van der Waals surface area (Å²) >= 11 is 0. The van der Waals surface area contributed by atoms with Gasteiger partial charge in [-0.2, -0.15) is 5.26 Å². The van der Waals surface area contributed by atoms with Gasteiger partial charge in [-0.15, -0.1) is 10.2 Å². The van der Waals surface area contributed by atoms with Gasteiger partial charge in [-0.3, -0.25) is 14.3 Å². The number of hydrogen-bond donors (Lipinski definition) is 0. The van der Waals surface area contributed by atoms with Gasteiger partial charge in [-0.25, -0.2) is 4.98 Å². The number of nitrogens with zero attached hydrogens (tertiary/aromatic N) is 6. The van der Waals surface area contributed by atoms with E-state index in [0.717, 1.165) is 22.4 Å². The van der Waals surface area contributed by atoms with Crippen LogP contribution >= 0.6 is 0 Å². The van der Waals surface area contributed by atoms with Crippen LogP contribution in [0.2, 0.25) is 0 Å². The van der Waals surface area contributed by atoms with Crippen molar-refractivity contribution in [3.8, 4) is 23.1 Å². The van der Waals surface area contributed by atoms with E-state index in [1.165, 1.54) is 7.11 Å². The number of methoxy groups -OCH3 is 1. The molecule has 8 heteroatoms. The quantitative estimate of drug-likeness (QED) is 0.236. The molecule has 0 spiro atoms. The fourth-order valence-electron chi connectivity index (χ4n) is 4.53. The molecular formula is C32H28N6O2. The molecule has 0 amide bonds. The van der Waals surface area contributed by atoms with Crippen molar-refractivity contribution in [1.29, 1.82) is 5.26 Å². The Morgan fingerprint density at radius 2 is 1.55 bits per heavy atom. The molecule has 0 N–H and O–H groups in total. The molecule has 0 aliphatic carbocycles. The second-order valence-corrected chi connectivity index (χ2v) is 9.36. The van der Waals surface area contributed by atoms with Crippen LogP contribution < -0.4 is 0 Å². The summed E-state index contributed by atoms with van der Waals surface area (Å²) in [5.74, 6) is 0.296. The van der Waals surface area contributed by atoms with E-state index in [4.69, 9.17) is 10.00 Å². The van der Waals surface area contributed by atoms with Gasteiger partial charge in [0.25, 0.3) is 0 Å². The van der Waals surface area contributed by atoms with Gasteiger partial charge < -0.3 is 4.74 Å². The van der Waals surface area contributed by atoms with E-state index in [1.54, 1.807) is 23.0 Å². The molecular weight excluding hydrogens is 500 g/mol. The SMILES string of the molecule is COC(=O)C(Cc1cn(-c2ccc(-c3ccc(C#N)cc3)nn2)cn1)N(Cc1ccccc1)Cc1ccccc1. The summed E-state index contributed by atoms with van der Waals surface area (Å²) in [7, 11) is 1.42. The number of nitriles is 1. The molecule has 0 bridgehead atoms. The van der Waals surface area contributed by atoms with Crippen LogP contribution in [0.4, 0.5) is 0 Å². The maximum Gasteiger partial charge on any atom is 0.323 e. The van der Waals surface area contributed by atoms with E-state index >= 15 is 0 Å². The van der Waals surface area contributed by atoms with Gasteiger partial charge in [-0.1, -0.05) is 72.8 Å². The molecule has 3 aromatic carbocycles. The van der Waals surface area contributed by atoms with Crippen molar-refractivity contribution >= 4 is 5.97 Å². The van der Waals surface area contributed by atoms with E-state index in [9.17, 15) is 4.79 Å². The lowest BCUT2D eigenvalue weighted by Gasteiger charge is -2.29. The van der Waals surface area contributed by atoms with Gasteiger partial charge >= 0.3 is 5.97 Å². The third kappa shape index (κ3) is 6.46. The first-order valence-electron chi connectivity index (χ1n) is 12.9. The maximum atomic E-state index is 13.1. The minimum absolute atomic E-state index is 0.312. The van der Waals surface area contributed by atoms with Crippen LogP contribution in [-0.4, -0.2) is 43.8 Å². The normalized spacial score (nSPS) is 11.6. The largest absolute Gasteiger partial charge is 0.468 e. The first-order chi connectivity index (χ1) is 19.6. The topological polar surface area (TPSA) is 96.9 Å². The first kappa shape index (κ1) is 26.5. The Kier molecular flexibility index (Phi) is 8.35. The van der Waals surface area contributed by atoms with E-state index in [-0.39, 0.29) is 5.97 Å². The Balaban J connectivity index is 1.36. The van der Waals surface area contributed by atoms with E-state index in [2.05, 4.69) is 50.4 Å². The molecule has 1 unspecified atom stereocenters. The average molecular weight is 529 g/mol. The highest BCUT2D eigenvalue weighted by Crippen LogP contribution is 2.20. The highest BCUT2D eigenvalue weighted by Gasteiger charge is 2.28.